The molecule has 3 aromatic rings. The fourth-order valence-corrected chi connectivity index (χ4v) is 3.42. The van der Waals surface area contributed by atoms with E-state index >= 15 is 0 Å². The van der Waals surface area contributed by atoms with E-state index in [-0.39, 0.29) is 60.7 Å². The van der Waals surface area contributed by atoms with Crippen molar-refractivity contribution in [1.29, 1.82) is 0 Å². The number of hydrogen-bond acceptors (Lipinski definition) is 5. The van der Waals surface area contributed by atoms with E-state index < -0.39 is 17.9 Å². The first-order valence-electron chi connectivity index (χ1n) is 11.2. The van der Waals surface area contributed by atoms with Crippen molar-refractivity contribution in [2.75, 3.05) is 18.4 Å². The van der Waals surface area contributed by atoms with Crippen LogP contribution in [-0.2, 0) is 14.4 Å². The quantitative estimate of drug-likeness (QED) is 0.224. The normalized spacial score (nSPS) is 11.0. The van der Waals surface area contributed by atoms with Gasteiger partial charge in [0.05, 0.1) is 19.0 Å². The molecule has 36 heavy (non-hydrogen) atoms. The average molecular weight is 502 g/mol. The molecular weight excluding hydrogens is 474 g/mol. The number of carboxylic acids is 1. The number of anilines is 1. The van der Waals surface area contributed by atoms with Gasteiger partial charge in [-0.1, -0.05) is 42.5 Å². The number of aromatic nitrogens is 1. The van der Waals surface area contributed by atoms with E-state index in [1.165, 1.54) is 12.1 Å². The zero-order chi connectivity index (χ0) is 25.0. The zero-order valence-corrected chi connectivity index (χ0v) is 22.0. The molecule has 0 bridgehead atoms. The van der Waals surface area contributed by atoms with Gasteiger partial charge in [-0.3, -0.25) is 14.4 Å². The molecule has 1 aromatic heterocycles. The third kappa shape index (κ3) is 9.77. The summed E-state index contributed by atoms with van der Waals surface area (Å²) < 4.78 is 13.1. The van der Waals surface area contributed by atoms with Crippen LogP contribution in [0.5, 0.6) is 0 Å². The van der Waals surface area contributed by atoms with E-state index in [9.17, 15) is 23.9 Å². The van der Waals surface area contributed by atoms with E-state index in [0.29, 0.717) is 18.5 Å². The summed E-state index contributed by atoms with van der Waals surface area (Å²) in [6.45, 7) is 0.307. The van der Waals surface area contributed by atoms with Gasteiger partial charge >= 0.3 is 5.97 Å². The minimum absolute atomic E-state index is 0. The van der Waals surface area contributed by atoms with Crippen LogP contribution in [0.3, 0.4) is 0 Å². The largest absolute Gasteiger partial charge is 0.481 e. The third-order valence-electron chi connectivity index (χ3n) is 5.20. The van der Waals surface area contributed by atoms with Crippen LogP contribution < -0.4 is 16.0 Å². The Morgan fingerprint density at radius 3 is 2.19 bits per heavy atom. The maximum absolute atomic E-state index is 13.1. The van der Waals surface area contributed by atoms with Gasteiger partial charge in [0.1, 0.15) is 11.6 Å². The first-order valence-corrected chi connectivity index (χ1v) is 11.2. The van der Waals surface area contributed by atoms with Crippen LogP contribution in [0.15, 0.2) is 72.9 Å². The first-order chi connectivity index (χ1) is 16.9. The maximum atomic E-state index is 13.1. The van der Waals surface area contributed by atoms with Crippen LogP contribution in [0.25, 0.3) is 11.1 Å². The molecule has 1 atom stereocenters. The Bertz CT molecular complexity index is 1130. The smallest absolute Gasteiger partial charge is 0.305 e. The van der Waals surface area contributed by atoms with Crippen molar-refractivity contribution in [2.45, 2.75) is 25.3 Å². The molecule has 0 aliphatic rings. The van der Waals surface area contributed by atoms with Crippen LogP contribution in [0.1, 0.15) is 30.9 Å². The number of carboxylic acid groups (broad SMARTS) is 1. The van der Waals surface area contributed by atoms with Gasteiger partial charge < -0.3 is 21.1 Å². The Morgan fingerprint density at radius 1 is 0.917 bits per heavy atom. The zero-order valence-electron chi connectivity index (χ0n) is 20.0. The van der Waals surface area contributed by atoms with E-state index in [4.69, 9.17) is 0 Å². The van der Waals surface area contributed by atoms with Crippen molar-refractivity contribution in [3.05, 3.63) is 84.3 Å². The van der Waals surface area contributed by atoms with Crippen molar-refractivity contribution >= 4 is 53.2 Å². The average Bonchev–Trinajstić information content (AvgIpc) is 2.86. The van der Waals surface area contributed by atoms with Crippen LogP contribution in [0, 0.1) is 5.82 Å². The number of carbonyl (C=O) groups excluding carboxylic acids is 2. The number of amides is 2. The molecule has 3 rings (SSSR count). The second-order valence-corrected chi connectivity index (χ2v) is 7.87. The fraction of sp³-hybridized carbons (Fsp3) is 0.231. The number of carbonyl (C=O) groups is 3. The Morgan fingerprint density at radius 2 is 1.58 bits per heavy atom. The minimum atomic E-state index is -1.07. The van der Waals surface area contributed by atoms with Crippen molar-refractivity contribution < 1.29 is 23.9 Å². The second kappa shape index (κ2) is 15.0. The molecule has 1 radical (unpaired) electrons. The molecule has 10 heteroatoms. The van der Waals surface area contributed by atoms with Gasteiger partial charge in [-0.15, -0.1) is 0 Å². The van der Waals surface area contributed by atoms with Crippen LogP contribution in [0.4, 0.5) is 10.2 Å². The number of nitrogens with zero attached hydrogens (tertiary/aromatic N) is 1. The van der Waals surface area contributed by atoms with Crippen molar-refractivity contribution in [3.8, 4) is 11.1 Å². The molecule has 0 aliphatic heterocycles. The summed E-state index contributed by atoms with van der Waals surface area (Å²) in [5.41, 5.74) is 2.26. The predicted octanol–water partition coefficient (Wildman–Crippen LogP) is 3.15. The van der Waals surface area contributed by atoms with Gasteiger partial charge in [0.15, 0.2) is 0 Å². The number of pyridine rings is 1. The Kier molecular flexibility index (Phi) is 12.0. The molecule has 0 fully saturated rings. The number of nitrogens with one attached hydrogen (secondary N) is 3. The molecule has 183 valence electrons. The minimum Gasteiger partial charge on any atom is -0.481 e. The summed E-state index contributed by atoms with van der Waals surface area (Å²) in [6.07, 6.45) is 2.16. The van der Waals surface area contributed by atoms with Crippen molar-refractivity contribution in [1.82, 2.24) is 15.6 Å². The summed E-state index contributed by atoms with van der Waals surface area (Å²) in [6, 6.07) is 17.8. The fourth-order valence-electron chi connectivity index (χ4n) is 3.42. The van der Waals surface area contributed by atoms with Gasteiger partial charge in [-0.05, 0) is 47.4 Å². The summed E-state index contributed by atoms with van der Waals surface area (Å²) in [5.74, 6) is -1.44. The van der Waals surface area contributed by atoms with E-state index in [1.807, 2.05) is 18.2 Å². The second-order valence-electron chi connectivity index (χ2n) is 7.87. The summed E-state index contributed by atoms with van der Waals surface area (Å²) in [5, 5.41) is 17.6. The molecule has 0 spiro atoms. The number of benzene rings is 2. The molecule has 0 saturated carbocycles. The van der Waals surface area contributed by atoms with Crippen molar-refractivity contribution in [3.63, 3.8) is 0 Å². The van der Waals surface area contributed by atoms with Gasteiger partial charge in [0, 0.05) is 48.7 Å². The molecule has 2 amide bonds. The Hall–Kier alpha value is -3.27. The number of hydrogen-bond donors (Lipinski definition) is 4. The van der Waals surface area contributed by atoms with E-state index in [1.54, 1.807) is 42.6 Å². The Labute approximate surface area is 231 Å². The first kappa shape index (κ1) is 29.0. The summed E-state index contributed by atoms with van der Waals surface area (Å²) in [7, 11) is 0. The molecule has 8 nitrogen and oxygen atoms in total. The SMILES string of the molecule is O=C(O)CC(NC(=O)CNC(=O)CCCNc1ccccn1)c1ccc(-c2ccc(F)cc2)cc1.[Na]. The molecule has 1 unspecified atom stereocenters. The monoisotopic (exact) mass is 501 g/mol. The van der Waals surface area contributed by atoms with Crippen LogP contribution >= 0.6 is 0 Å². The van der Waals surface area contributed by atoms with Gasteiger partial charge in [-0.25, -0.2) is 9.37 Å². The Balaban J connectivity index is 0.00000456. The summed E-state index contributed by atoms with van der Waals surface area (Å²) in [4.78, 5) is 39.9. The number of rotatable bonds is 12. The van der Waals surface area contributed by atoms with Gasteiger partial charge in [0.2, 0.25) is 11.8 Å². The van der Waals surface area contributed by atoms with Crippen LogP contribution in [-0.4, -0.2) is 70.5 Å². The van der Waals surface area contributed by atoms with Gasteiger partial charge in [0.25, 0.3) is 0 Å². The van der Waals surface area contributed by atoms with Crippen molar-refractivity contribution in [2.24, 2.45) is 0 Å². The van der Waals surface area contributed by atoms with Crippen LogP contribution in [0.2, 0.25) is 0 Å². The summed E-state index contributed by atoms with van der Waals surface area (Å²) >= 11 is 0. The van der Waals surface area contributed by atoms with E-state index in [0.717, 1.165) is 16.9 Å². The maximum Gasteiger partial charge on any atom is 0.305 e. The molecule has 2 aromatic carbocycles. The van der Waals surface area contributed by atoms with Gasteiger partial charge in [-0.2, -0.15) is 0 Å². The number of halogens is 1. The molecule has 4 N–H and O–H groups in total. The molecular formula is C26H27FN4NaO4. The molecule has 0 aliphatic carbocycles. The topological polar surface area (TPSA) is 120 Å². The van der Waals surface area contributed by atoms with E-state index in [2.05, 4.69) is 20.9 Å². The number of aliphatic carboxylic acids is 1. The standard InChI is InChI=1S/C26H27FN4O4.Na/c27-21-12-10-19(11-13-21)18-6-8-20(9-7-18)22(16-26(34)35)31-25(33)17-30-24(32)5-3-15-29-23-4-1-2-14-28-23;/h1-2,4,6-14,22H,3,5,15-17H2,(H,28,29)(H,30,32)(H,31,33)(H,34,35);. The molecule has 1 heterocycles. The predicted molar refractivity (Wildman–Crippen MR) is 136 cm³/mol. The molecule has 0 saturated heterocycles. The third-order valence-corrected chi connectivity index (χ3v) is 5.20.